The maximum Gasteiger partial charge on any atom is 0.536 e. The fraction of sp³-hybridized carbons (Fsp3) is 0.600. The van der Waals surface area contributed by atoms with E-state index in [4.69, 9.17) is 13.3 Å². The molecular formula is C10H17NO3Si. The molecule has 3 fully saturated rings. The first-order valence-corrected chi connectivity index (χ1v) is 6.95. The summed E-state index contributed by atoms with van der Waals surface area (Å²) in [6, 6.07) is 0. The molecule has 3 aliphatic rings. The van der Waals surface area contributed by atoms with Crippen LogP contribution in [-0.2, 0) is 13.3 Å². The molecule has 0 N–H and O–H groups in total. The summed E-state index contributed by atoms with van der Waals surface area (Å²) in [7, 11) is -2.67. The molecule has 0 atom stereocenters. The predicted molar refractivity (Wildman–Crippen MR) is 59.4 cm³/mol. The highest BCUT2D eigenvalue weighted by Crippen LogP contribution is 2.22. The first-order chi connectivity index (χ1) is 7.27. The van der Waals surface area contributed by atoms with Gasteiger partial charge in [-0.2, -0.15) is 0 Å². The first kappa shape index (κ1) is 11.0. The van der Waals surface area contributed by atoms with Crippen LogP contribution in [0.4, 0.5) is 0 Å². The molecule has 0 unspecified atom stereocenters. The van der Waals surface area contributed by atoms with Gasteiger partial charge in [-0.15, -0.1) is 0 Å². The Balaban J connectivity index is 2.19. The monoisotopic (exact) mass is 227 g/mol. The van der Waals surface area contributed by atoms with Crippen molar-refractivity contribution >= 4 is 8.80 Å². The summed E-state index contributed by atoms with van der Waals surface area (Å²) in [4.78, 5) is 2.29. The van der Waals surface area contributed by atoms with Crippen LogP contribution in [0.1, 0.15) is 0 Å². The molecule has 4 nitrogen and oxygen atoms in total. The normalized spacial score (nSPS) is 36.4. The van der Waals surface area contributed by atoms with Crippen LogP contribution in [0.5, 0.6) is 0 Å². The molecular weight excluding hydrogens is 210 g/mol. The van der Waals surface area contributed by atoms with Gasteiger partial charge in [0, 0.05) is 24.8 Å². The van der Waals surface area contributed by atoms with Crippen molar-refractivity contribution in [1.82, 2.24) is 4.90 Å². The van der Waals surface area contributed by atoms with Gasteiger partial charge in [0.05, 0.1) is 19.8 Å². The van der Waals surface area contributed by atoms with E-state index >= 15 is 0 Å². The molecule has 3 saturated heterocycles. The minimum atomic E-state index is -2.67. The molecule has 3 heterocycles. The molecule has 3 rings (SSSR count). The Morgan fingerprint density at radius 1 is 1.07 bits per heavy atom. The van der Waals surface area contributed by atoms with E-state index < -0.39 is 8.80 Å². The first-order valence-electron chi connectivity index (χ1n) is 5.23. The molecule has 5 heteroatoms. The van der Waals surface area contributed by atoms with Crippen LogP contribution in [0.25, 0.3) is 0 Å². The third-order valence-corrected chi connectivity index (χ3v) is 5.48. The van der Waals surface area contributed by atoms with Crippen molar-refractivity contribution in [3.05, 3.63) is 24.4 Å². The van der Waals surface area contributed by atoms with Gasteiger partial charge in [0.25, 0.3) is 0 Å². The Labute approximate surface area is 91.5 Å². The standard InChI is InChI=1S/C10H17NO3Si/c1-3-10(2)15-12-7-4-11(5-8-13-15)6-9-14-15/h3H,1-2,4-9H2. The quantitative estimate of drug-likeness (QED) is 0.510. The van der Waals surface area contributed by atoms with E-state index in [-0.39, 0.29) is 0 Å². The van der Waals surface area contributed by atoms with Gasteiger partial charge in [-0.05, 0) is 0 Å². The van der Waals surface area contributed by atoms with Gasteiger partial charge >= 0.3 is 8.80 Å². The Morgan fingerprint density at radius 2 is 1.53 bits per heavy atom. The number of rotatable bonds is 2. The Bertz CT molecular complexity index is 243. The van der Waals surface area contributed by atoms with Crippen molar-refractivity contribution in [2.75, 3.05) is 39.5 Å². The second kappa shape index (κ2) is 4.59. The van der Waals surface area contributed by atoms with Crippen molar-refractivity contribution in [2.24, 2.45) is 0 Å². The zero-order valence-corrected chi connectivity index (χ0v) is 9.91. The van der Waals surface area contributed by atoms with Crippen LogP contribution < -0.4 is 0 Å². The summed E-state index contributed by atoms with van der Waals surface area (Å²) in [5, 5.41) is 0.776. The Kier molecular flexibility index (Phi) is 3.37. The van der Waals surface area contributed by atoms with Crippen molar-refractivity contribution in [1.29, 1.82) is 0 Å². The van der Waals surface area contributed by atoms with Crippen LogP contribution >= 0.6 is 0 Å². The van der Waals surface area contributed by atoms with E-state index in [1.807, 2.05) is 0 Å². The van der Waals surface area contributed by atoms with Gasteiger partial charge in [-0.25, -0.2) is 0 Å². The molecule has 2 bridgehead atoms. The number of nitrogens with zero attached hydrogens (tertiary/aromatic N) is 1. The molecule has 0 aromatic rings. The van der Waals surface area contributed by atoms with E-state index in [9.17, 15) is 0 Å². The number of hydrogen-bond acceptors (Lipinski definition) is 4. The summed E-state index contributed by atoms with van der Waals surface area (Å²) in [6.07, 6.45) is 1.69. The molecule has 0 saturated carbocycles. The molecule has 0 aromatic carbocycles. The molecule has 0 amide bonds. The van der Waals surface area contributed by atoms with Crippen LogP contribution in [0, 0.1) is 0 Å². The maximum absolute atomic E-state index is 5.78. The Hall–Kier alpha value is -0.463. The van der Waals surface area contributed by atoms with Gasteiger partial charge in [-0.3, -0.25) is 4.90 Å². The third-order valence-electron chi connectivity index (χ3n) is 2.74. The lowest BCUT2D eigenvalue weighted by Gasteiger charge is -2.38. The number of hydrogen-bond donors (Lipinski definition) is 0. The molecule has 0 aliphatic carbocycles. The van der Waals surface area contributed by atoms with Crippen LogP contribution in [0.2, 0.25) is 0 Å². The molecule has 84 valence electrons. The number of fused-ring (bicyclic) bond motifs is 6. The highest BCUT2D eigenvalue weighted by Gasteiger charge is 2.46. The highest BCUT2D eigenvalue weighted by molar-refractivity contribution is 6.69. The highest BCUT2D eigenvalue weighted by atomic mass is 28.4. The SMILES string of the molecule is C=CC(=C)[Si]12OCCN(CCO1)CCO2. The summed E-state index contributed by atoms with van der Waals surface area (Å²) in [5.74, 6) is 0. The fourth-order valence-corrected chi connectivity index (χ4v) is 3.93. The molecule has 0 radical (unpaired) electrons. The summed E-state index contributed by atoms with van der Waals surface area (Å²) in [5.41, 5.74) is 0. The van der Waals surface area contributed by atoms with Crippen molar-refractivity contribution in [3.63, 3.8) is 0 Å². The predicted octanol–water partition coefficient (Wildman–Crippen LogP) is 0.586. The summed E-state index contributed by atoms with van der Waals surface area (Å²) in [6.45, 7) is 12.5. The second-order valence-corrected chi connectivity index (χ2v) is 6.29. The lowest BCUT2D eigenvalue weighted by atomic mass is 10.4. The average molecular weight is 227 g/mol. The minimum Gasteiger partial charge on any atom is -0.369 e. The van der Waals surface area contributed by atoms with Gasteiger partial charge in [0.1, 0.15) is 0 Å². The Morgan fingerprint density at radius 3 is 1.93 bits per heavy atom. The third kappa shape index (κ3) is 2.21. The lowest BCUT2D eigenvalue weighted by Crippen LogP contribution is -2.56. The van der Waals surface area contributed by atoms with Gasteiger partial charge in [0.15, 0.2) is 0 Å². The van der Waals surface area contributed by atoms with Crippen LogP contribution in [0.3, 0.4) is 0 Å². The van der Waals surface area contributed by atoms with Crippen LogP contribution in [-0.4, -0.2) is 53.2 Å². The molecule has 0 spiro atoms. The van der Waals surface area contributed by atoms with E-state index in [0.717, 1.165) is 24.8 Å². The van der Waals surface area contributed by atoms with Gasteiger partial charge in [-0.1, -0.05) is 19.2 Å². The summed E-state index contributed by atoms with van der Waals surface area (Å²) < 4.78 is 17.3. The van der Waals surface area contributed by atoms with Gasteiger partial charge < -0.3 is 13.3 Å². The number of allylic oxidation sites excluding steroid dienone is 2. The maximum atomic E-state index is 5.78. The summed E-state index contributed by atoms with van der Waals surface area (Å²) >= 11 is 0. The topological polar surface area (TPSA) is 30.9 Å². The van der Waals surface area contributed by atoms with Crippen molar-refractivity contribution < 1.29 is 13.3 Å². The second-order valence-electron chi connectivity index (χ2n) is 3.67. The van der Waals surface area contributed by atoms with Crippen molar-refractivity contribution in [2.45, 2.75) is 0 Å². The van der Waals surface area contributed by atoms with E-state index in [1.54, 1.807) is 6.08 Å². The smallest absolute Gasteiger partial charge is 0.369 e. The molecule has 15 heavy (non-hydrogen) atoms. The average Bonchev–Trinajstić information content (AvgIpc) is 2.14. The zero-order valence-electron chi connectivity index (χ0n) is 8.91. The van der Waals surface area contributed by atoms with Gasteiger partial charge in [0.2, 0.25) is 0 Å². The van der Waals surface area contributed by atoms with E-state index in [2.05, 4.69) is 18.1 Å². The minimum absolute atomic E-state index is 0.652. The molecule has 0 aromatic heterocycles. The largest absolute Gasteiger partial charge is 0.536 e. The lowest BCUT2D eigenvalue weighted by molar-refractivity contribution is -0.00126. The van der Waals surface area contributed by atoms with Crippen LogP contribution in [0.15, 0.2) is 24.4 Å². The molecule has 3 aliphatic heterocycles. The van der Waals surface area contributed by atoms with Crippen molar-refractivity contribution in [3.8, 4) is 0 Å². The van der Waals surface area contributed by atoms with E-state index in [1.165, 1.54) is 0 Å². The van der Waals surface area contributed by atoms with E-state index in [0.29, 0.717) is 19.8 Å². The fourth-order valence-electron chi connectivity index (χ4n) is 1.79. The zero-order chi connectivity index (χ0) is 10.7.